The minimum Gasteiger partial charge on any atom is -0.379 e. The van der Waals surface area contributed by atoms with Crippen LogP contribution in [-0.4, -0.2) is 60.7 Å². The van der Waals surface area contributed by atoms with E-state index < -0.39 is 5.54 Å². The Morgan fingerprint density at radius 2 is 2.17 bits per heavy atom. The van der Waals surface area contributed by atoms with Crippen LogP contribution in [0.3, 0.4) is 0 Å². The Hall–Kier alpha value is -2.17. The highest BCUT2D eigenvalue weighted by molar-refractivity contribution is 5.85. The lowest BCUT2D eigenvalue weighted by molar-refractivity contribution is -0.130. The quantitative estimate of drug-likeness (QED) is 0.845. The van der Waals surface area contributed by atoms with Crippen molar-refractivity contribution in [2.75, 3.05) is 44.3 Å². The standard InChI is InChI=1S/C16H21N5O2/c1-12-8-14(13(9-17)10-19-12)20-3-5-21(6-4-20)16(15(18)22)2-7-23-11-16/h8,10H,2-7,11H2,1H3,(H2,18,22). The largest absolute Gasteiger partial charge is 0.379 e. The van der Waals surface area contributed by atoms with E-state index in [4.69, 9.17) is 10.5 Å². The zero-order valence-electron chi connectivity index (χ0n) is 13.3. The zero-order valence-corrected chi connectivity index (χ0v) is 13.3. The molecule has 2 N–H and O–H groups in total. The molecule has 0 aliphatic carbocycles. The number of rotatable bonds is 3. The molecule has 3 heterocycles. The van der Waals surface area contributed by atoms with Gasteiger partial charge in [0.1, 0.15) is 11.6 Å². The Morgan fingerprint density at radius 1 is 1.43 bits per heavy atom. The van der Waals surface area contributed by atoms with E-state index in [0.29, 0.717) is 25.2 Å². The minimum absolute atomic E-state index is 0.305. The lowest BCUT2D eigenvalue weighted by Gasteiger charge is -2.44. The van der Waals surface area contributed by atoms with Crippen molar-refractivity contribution in [2.45, 2.75) is 18.9 Å². The van der Waals surface area contributed by atoms with Crippen molar-refractivity contribution in [3.05, 3.63) is 23.5 Å². The van der Waals surface area contributed by atoms with Gasteiger partial charge >= 0.3 is 0 Å². The van der Waals surface area contributed by atoms with Crippen LogP contribution in [0.5, 0.6) is 0 Å². The third-order valence-electron chi connectivity index (χ3n) is 4.82. The Morgan fingerprint density at radius 3 is 2.74 bits per heavy atom. The second kappa shape index (κ2) is 6.14. The first kappa shape index (κ1) is 15.7. The molecule has 122 valence electrons. The Balaban J connectivity index is 1.75. The van der Waals surface area contributed by atoms with Gasteiger partial charge in [0.25, 0.3) is 0 Å². The first-order valence-electron chi connectivity index (χ1n) is 7.81. The number of primary amides is 1. The molecule has 0 spiro atoms. The molecule has 1 atom stereocenters. The third-order valence-corrected chi connectivity index (χ3v) is 4.82. The monoisotopic (exact) mass is 315 g/mol. The van der Waals surface area contributed by atoms with Gasteiger partial charge in [-0.25, -0.2) is 0 Å². The van der Waals surface area contributed by atoms with Gasteiger partial charge in [0.15, 0.2) is 0 Å². The summed E-state index contributed by atoms with van der Waals surface area (Å²) in [7, 11) is 0. The van der Waals surface area contributed by atoms with Gasteiger partial charge in [-0.05, 0) is 13.0 Å². The predicted octanol–water partition coefficient (Wildman–Crippen LogP) is 0.0281. The number of nitrogens with two attached hydrogens (primary N) is 1. The van der Waals surface area contributed by atoms with Crippen LogP contribution in [-0.2, 0) is 9.53 Å². The molecule has 2 fully saturated rings. The predicted molar refractivity (Wildman–Crippen MR) is 84.8 cm³/mol. The van der Waals surface area contributed by atoms with Crippen LogP contribution in [0.15, 0.2) is 12.3 Å². The number of anilines is 1. The van der Waals surface area contributed by atoms with Crippen LogP contribution >= 0.6 is 0 Å². The Labute approximate surface area is 135 Å². The van der Waals surface area contributed by atoms with Crippen molar-refractivity contribution in [1.29, 1.82) is 5.26 Å². The number of aromatic nitrogens is 1. The van der Waals surface area contributed by atoms with Crippen molar-refractivity contribution in [2.24, 2.45) is 5.73 Å². The van der Waals surface area contributed by atoms with Gasteiger partial charge in [-0.3, -0.25) is 14.7 Å². The number of aryl methyl sites for hydroxylation is 1. The third kappa shape index (κ3) is 2.76. The lowest BCUT2D eigenvalue weighted by atomic mass is 9.94. The number of hydrogen-bond donors (Lipinski definition) is 1. The molecule has 1 aromatic heterocycles. The molecular weight excluding hydrogens is 294 g/mol. The van der Waals surface area contributed by atoms with E-state index in [1.165, 1.54) is 0 Å². The molecular formula is C16H21N5O2. The molecule has 0 saturated carbocycles. The minimum atomic E-state index is -0.668. The molecule has 1 amide bonds. The first-order valence-corrected chi connectivity index (χ1v) is 7.81. The smallest absolute Gasteiger partial charge is 0.240 e. The summed E-state index contributed by atoms with van der Waals surface area (Å²) in [5.74, 6) is -0.305. The summed E-state index contributed by atoms with van der Waals surface area (Å²) in [6.45, 7) is 5.79. The number of amides is 1. The number of pyridine rings is 1. The first-order chi connectivity index (χ1) is 11.1. The number of hydrogen-bond acceptors (Lipinski definition) is 6. The van der Waals surface area contributed by atoms with Gasteiger partial charge in [-0.1, -0.05) is 0 Å². The van der Waals surface area contributed by atoms with E-state index in [0.717, 1.165) is 37.6 Å². The van der Waals surface area contributed by atoms with Gasteiger partial charge in [-0.2, -0.15) is 5.26 Å². The van der Waals surface area contributed by atoms with E-state index in [1.807, 2.05) is 13.0 Å². The summed E-state index contributed by atoms with van der Waals surface area (Å²) >= 11 is 0. The fraction of sp³-hybridized carbons (Fsp3) is 0.562. The van der Waals surface area contributed by atoms with Gasteiger partial charge in [0, 0.05) is 51.1 Å². The summed E-state index contributed by atoms with van der Waals surface area (Å²) in [5.41, 5.74) is 7.36. The molecule has 7 heteroatoms. The van der Waals surface area contributed by atoms with Gasteiger partial charge in [0.2, 0.25) is 5.91 Å². The van der Waals surface area contributed by atoms with E-state index >= 15 is 0 Å². The highest BCUT2D eigenvalue weighted by Gasteiger charge is 2.46. The highest BCUT2D eigenvalue weighted by Crippen LogP contribution is 2.29. The summed E-state index contributed by atoms with van der Waals surface area (Å²) in [6, 6.07) is 4.14. The molecule has 1 aromatic rings. The summed E-state index contributed by atoms with van der Waals surface area (Å²) < 4.78 is 5.43. The van der Waals surface area contributed by atoms with Crippen LogP contribution in [0.1, 0.15) is 17.7 Å². The number of nitrogens with zero attached hydrogens (tertiary/aromatic N) is 4. The highest BCUT2D eigenvalue weighted by atomic mass is 16.5. The maximum Gasteiger partial charge on any atom is 0.240 e. The van der Waals surface area contributed by atoms with Crippen molar-refractivity contribution in [3.8, 4) is 6.07 Å². The van der Waals surface area contributed by atoms with Gasteiger partial charge in [0.05, 0.1) is 17.9 Å². The van der Waals surface area contributed by atoms with Crippen molar-refractivity contribution in [1.82, 2.24) is 9.88 Å². The maximum atomic E-state index is 12.0. The van der Waals surface area contributed by atoms with Crippen molar-refractivity contribution in [3.63, 3.8) is 0 Å². The SMILES string of the molecule is Cc1cc(N2CCN(C3(C(N)=O)CCOC3)CC2)c(C#N)cn1. The molecule has 0 aromatic carbocycles. The van der Waals surface area contributed by atoms with E-state index in [-0.39, 0.29) is 5.91 Å². The molecule has 3 rings (SSSR count). The number of piperazine rings is 1. The molecule has 7 nitrogen and oxygen atoms in total. The van der Waals surface area contributed by atoms with Crippen LogP contribution in [0.25, 0.3) is 0 Å². The fourth-order valence-electron chi connectivity index (χ4n) is 3.42. The average Bonchev–Trinajstić information content (AvgIpc) is 3.06. The van der Waals surface area contributed by atoms with Gasteiger partial charge in [-0.15, -0.1) is 0 Å². The molecule has 2 aliphatic heterocycles. The molecule has 0 bridgehead atoms. The van der Waals surface area contributed by atoms with Gasteiger partial charge < -0.3 is 15.4 Å². The molecule has 0 radical (unpaired) electrons. The summed E-state index contributed by atoms with van der Waals surface area (Å²) in [6.07, 6.45) is 2.27. The van der Waals surface area contributed by atoms with Crippen molar-refractivity contribution >= 4 is 11.6 Å². The maximum absolute atomic E-state index is 12.0. The molecule has 2 aliphatic rings. The second-order valence-corrected chi connectivity index (χ2v) is 6.13. The zero-order chi connectivity index (χ0) is 16.4. The number of ether oxygens (including phenoxy) is 1. The summed E-state index contributed by atoms with van der Waals surface area (Å²) in [4.78, 5) is 20.4. The Kier molecular flexibility index (Phi) is 4.20. The van der Waals surface area contributed by atoms with Crippen LogP contribution in [0, 0.1) is 18.3 Å². The van der Waals surface area contributed by atoms with Crippen LogP contribution in [0.2, 0.25) is 0 Å². The normalized spacial score (nSPS) is 25.3. The second-order valence-electron chi connectivity index (χ2n) is 6.13. The van der Waals surface area contributed by atoms with E-state index in [2.05, 4.69) is 20.9 Å². The average molecular weight is 315 g/mol. The summed E-state index contributed by atoms with van der Waals surface area (Å²) in [5, 5.41) is 9.27. The number of nitriles is 1. The van der Waals surface area contributed by atoms with Crippen LogP contribution in [0.4, 0.5) is 5.69 Å². The topological polar surface area (TPSA) is 95.5 Å². The van der Waals surface area contributed by atoms with Crippen molar-refractivity contribution < 1.29 is 9.53 Å². The van der Waals surface area contributed by atoms with E-state index in [1.54, 1.807) is 6.20 Å². The number of carbonyl (C=O) groups is 1. The lowest BCUT2D eigenvalue weighted by Crippen LogP contribution is -2.63. The van der Waals surface area contributed by atoms with Crippen LogP contribution < -0.4 is 10.6 Å². The van der Waals surface area contributed by atoms with E-state index in [9.17, 15) is 10.1 Å². The molecule has 1 unspecified atom stereocenters. The number of carbonyl (C=O) groups excluding carboxylic acids is 1. The molecule has 23 heavy (non-hydrogen) atoms. The molecule has 2 saturated heterocycles. The Bertz CT molecular complexity index is 640. The fourth-order valence-corrected chi connectivity index (χ4v) is 3.42.